The van der Waals surface area contributed by atoms with Gasteiger partial charge in [-0.1, -0.05) is 24.3 Å². The second-order valence-electron chi connectivity index (χ2n) is 7.42. The molecule has 0 bridgehead atoms. The highest BCUT2D eigenvalue weighted by atomic mass is 16.5. The third-order valence-electron chi connectivity index (χ3n) is 5.05. The van der Waals surface area contributed by atoms with E-state index in [0.717, 1.165) is 0 Å². The van der Waals surface area contributed by atoms with Gasteiger partial charge in [0.25, 0.3) is 22.9 Å². The molecule has 13 nitrogen and oxygen atoms in total. The summed E-state index contributed by atoms with van der Waals surface area (Å²) in [5.74, 6) is 0.372. The molecule has 0 atom stereocenters. The maximum Gasteiger partial charge on any atom is 0.407 e. The molecule has 2 heterocycles. The summed E-state index contributed by atoms with van der Waals surface area (Å²) in [7, 11) is 0. The van der Waals surface area contributed by atoms with Gasteiger partial charge in [0.05, 0.1) is 10.2 Å². The van der Waals surface area contributed by atoms with E-state index in [1.165, 1.54) is 4.90 Å². The molecular formula is C21H23N9O4. The molecule has 2 aromatic carbocycles. The molecule has 0 saturated carbocycles. The molecule has 0 aliphatic heterocycles. The minimum atomic E-state index is -1.03. The molecule has 3 N–H and O–H groups in total. The van der Waals surface area contributed by atoms with Crippen LogP contribution in [0.1, 0.15) is 12.8 Å². The van der Waals surface area contributed by atoms with E-state index in [2.05, 4.69) is 30.8 Å². The Morgan fingerprint density at radius 1 is 0.824 bits per heavy atom. The van der Waals surface area contributed by atoms with Gasteiger partial charge in [-0.25, -0.2) is 14.8 Å². The van der Waals surface area contributed by atoms with Gasteiger partial charge in [0.1, 0.15) is 11.0 Å². The lowest BCUT2D eigenvalue weighted by Crippen LogP contribution is -2.35. The van der Waals surface area contributed by atoms with E-state index in [9.17, 15) is 20.3 Å². The van der Waals surface area contributed by atoms with Gasteiger partial charge < -0.3 is 31.1 Å². The zero-order chi connectivity index (χ0) is 23.9. The number of nitrogens with one attached hydrogen (secondary N) is 2. The van der Waals surface area contributed by atoms with Crippen LogP contribution in [0, 0.1) is 10.4 Å². The standard InChI is InChI=1S/C21H23N9O4/c31-21(32)28(13-5-11-22-19-24-15-7-1-3-9-17(15)29(33)26-19)14-6-12-23-20-25-16-8-2-4-10-18(16)30(34)27-20/h1-4,7-10H,5-6,11-14H2,(H,31,32)(H,22,24,26)(H,23,25,27). The fourth-order valence-corrected chi connectivity index (χ4v) is 3.39. The molecule has 0 radical (unpaired) electrons. The van der Waals surface area contributed by atoms with Crippen LogP contribution in [0.15, 0.2) is 48.5 Å². The monoisotopic (exact) mass is 465 g/mol. The predicted molar refractivity (Wildman–Crippen MR) is 123 cm³/mol. The molecule has 34 heavy (non-hydrogen) atoms. The lowest BCUT2D eigenvalue weighted by molar-refractivity contribution is -0.641. The predicted octanol–water partition coefficient (Wildman–Crippen LogP) is 1.12. The highest BCUT2D eigenvalue weighted by Gasteiger charge is 2.13. The van der Waals surface area contributed by atoms with Gasteiger partial charge in [-0.3, -0.25) is 0 Å². The number of carbonyl (C=O) groups is 1. The molecule has 0 fully saturated rings. The number of rotatable bonds is 10. The smallest absolute Gasteiger partial charge is 0.407 e. The Morgan fingerprint density at radius 2 is 1.26 bits per heavy atom. The first kappa shape index (κ1) is 22.6. The Labute approximate surface area is 193 Å². The zero-order valence-electron chi connectivity index (χ0n) is 18.2. The SMILES string of the molecule is O=C(O)N(CCCNc1nc2ccccc2[n+]([O-])n1)CCCNc1nc2ccccc2[n+]([O-])n1. The summed E-state index contributed by atoms with van der Waals surface area (Å²) < 4.78 is 0. The Balaban J connectivity index is 1.22. The first-order valence-electron chi connectivity index (χ1n) is 10.7. The molecule has 2 aromatic heterocycles. The number of nitrogens with zero attached hydrogens (tertiary/aromatic N) is 7. The molecule has 13 heteroatoms. The van der Waals surface area contributed by atoms with Gasteiger partial charge >= 0.3 is 6.09 Å². The maximum atomic E-state index is 12.0. The third kappa shape index (κ3) is 5.43. The van der Waals surface area contributed by atoms with Crippen LogP contribution in [0.25, 0.3) is 22.1 Å². The Hall–Kier alpha value is -4.55. The first-order valence-corrected chi connectivity index (χ1v) is 10.7. The number of amides is 1. The summed E-state index contributed by atoms with van der Waals surface area (Å²) >= 11 is 0. The average Bonchev–Trinajstić information content (AvgIpc) is 2.83. The van der Waals surface area contributed by atoms with E-state index in [-0.39, 0.29) is 11.9 Å². The van der Waals surface area contributed by atoms with Crippen molar-refractivity contribution in [1.82, 2.24) is 25.1 Å². The fourth-order valence-electron chi connectivity index (χ4n) is 3.39. The van der Waals surface area contributed by atoms with E-state index in [0.29, 0.717) is 70.8 Å². The number of hydrogen-bond donors (Lipinski definition) is 3. The number of benzene rings is 2. The minimum Gasteiger partial charge on any atom is -0.594 e. The van der Waals surface area contributed by atoms with Crippen molar-refractivity contribution in [1.29, 1.82) is 0 Å². The van der Waals surface area contributed by atoms with Crippen LogP contribution in [0.5, 0.6) is 0 Å². The van der Waals surface area contributed by atoms with Crippen LogP contribution in [-0.4, -0.2) is 62.4 Å². The zero-order valence-corrected chi connectivity index (χ0v) is 18.2. The van der Waals surface area contributed by atoms with Gasteiger partial charge in [-0.05, 0) is 34.7 Å². The number of aromatic nitrogens is 6. The number of fused-ring (bicyclic) bond motifs is 2. The number of hydrogen-bond acceptors (Lipinski definition) is 9. The minimum absolute atomic E-state index is 0.186. The van der Waals surface area contributed by atoms with E-state index < -0.39 is 6.09 Å². The van der Waals surface area contributed by atoms with Gasteiger partial charge in [0.2, 0.25) is 0 Å². The molecular weight excluding hydrogens is 442 g/mol. The number of anilines is 2. The van der Waals surface area contributed by atoms with E-state index in [4.69, 9.17) is 0 Å². The molecule has 4 aromatic rings. The quantitative estimate of drug-likeness (QED) is 0.175. The van der Waals surface area contributed by atoms with E-state index in [1.54, 1.807) is 48.5 Å². The van der Waals surface area contributed by atoms with Crippen LogP contribution in [0.2, 0.25) is 0 Å². The summed E-state index contributed by atoms with van der Waals surface area (Å²) in [5.41, 5.74) is 1.79. The van der Waals surface area contributed by atoms with Gasteiger partial charge in [0, 0.05) is 38.3 Å². The first-order chi connectivity index (χ1) is 16.5. The van der Waals surface area contributed by atoms with Gasteiger partial charge in [0.15, 0.2) is 0 Å². The van der Waals surface area contributed by atoms with Crippen molar-refractivity contribution >= 4 is 40.1 Å². The van der Waals surface area contributed by atoms with Crippen molar-refractivity contribution in [3.63, 3.8) is 0 Å². The van der Waals surface area contributed by atoms with Crippen molar-refractivity contribution < 1.29 is 19.6 Å². The lowest BCUT2D eigenvalue weighted by atomic mass is 10.3. The second-order valence-corrected chi connectivity index (χ2v) is 7.42. The average molecular weight is 465 g/mol. The molecule has 1 amide bonds. The van der Waals surface area contributed by atoms with Crippen molar-refractivity contribution in [3.8, 4) is 0 Å². The van der Waals surface area contributed by atoms with Crippen LogP contribution >= 0.6 is 0 Å². The molecule has 0 aliphatic rings. The molecule has 4 rings (SSSR count). The summed E-state index contributed by atoms with van der Waals surface area (Å²) in [6, 6.07) is 13.7. The topological polar surface area (TPSA) is 170 Å². The highest BCUT2D eigenvalue weighted by molar-refractivity contribution is 5.72. The van der Waals surface area contributed by atoms with Crippen LogP contribution < -0.4 is 20.3 Å². The molecule has 176 valence electrons. The lowest BCUT2D eigenvalue weighted by Gasteiger charge is -2.19. The second kappa shape index (κ2) is 10.4. The Kier molecular flexibility index (Phi) is 6.91. The number of carboxylic acid groups (broad SMARTS) is 1. The van der Waals surface area contributed by atoms with Crippen LogP contribution in [0.4, 0.5) is 16.7 Å². The normalized spacial score (nSPS) is 10.9. The maximum absolute atomic E-state index is 12.0. The van der Waals surface area contributed by atoms with Crippen molar-refractivity contribution in [2.75, 3.05) is 36.8 Å². The summed E-state index contributed by atoms with van der Waals surface area (Å²) in [5, 5.41) is 47.0. The summed E-state index contributed by atoms with van der Waals surface area (Å²) in [4.78, 5) is 22.4. The van der Waals surface area contributed by atoms with Crippen molar-refractivity contribution in [2.24, 2.45) is 0 Å². The number of para-hydroxylation sites is 4. The van der Waals surface area contributed by atoms with E-state index in [1.807, 2.05) is 0 Å². The van der Waals surface area contributed by atoms with Crippen LogP contribution in [-0.2, 0) is 0 Å². The highest BCUT2D eigenvalue weighted by Crippen LogP contribution is 2.09. The Morgan fingerprint density at radius 3 is 1.71 bits per heavy atom. The molecule has 0 unspecified atom stereocenters. The molecule has 0 spiro atoms. The van der Waals surface area contributed by atoms with Crippen molar-refractivity contribution in [3.05, 3.63) is 58.9 Å². The van der Waals surface area contributed by atoms with Gasteiger partial charge in [-0.15, -0.1) is 0 Å². The van der Waals surface area contributed by atoms with E-state index >= 15 is 0 Å². The molecule has 0 aliphatic carbocycles. The van der Waals surface area contributed by atoms with Crippen molar-refractivity contribution in [2.45, 2.75) is 12.8 Å². The van der Waals surface area contributed by atoms with Crippen LogP contribution in [0.3, 0.4) is 0 Å². The van der Waals surface area contributed by atoms with Gasteiger partial charge in [-0.2, -0.15) is 0 Å². The molecule has 0 saturated heterocycles. The summed E-state index contributed by atoms with van der Waals surface area (Å²) in [6.45, 7) is 1.38. The largest absolute Gasteiger partial charge is 0.594 e. The fraction of sp³-hybridized carbons (Fsp3) is 0.286. The summed E-state index contributed by atoms with van der Waals surface area (Å²) in [6.07, 6.45) is -0.0315. The third-order valence-corrected chi connectivity index (χ3v) is 5.05. The Bertz CT molecular complexity index is 1210.